The maximum atomic E-state index is 9.38. The van der Waals surface area contributed by atoms with Crippen molar-refractivity contribution in [2.45, 2.75) is 0 Å². The van der Waals surface area contributed by atoms with Gasteiger partial charge in [0.1, 0.15) is 0 Å². The Balaban J connectivity index is -0.000000107. The van der Waals surface area contributed by atoms with E-state index in [1.165, 1.54) is 0 Å². The van der Waals surface area contributed by atoms with Crippen molar-refractivity contribution in [3.63, 3.8) is 0 Å². The minimum absolute atomic E-state index is 0. The summed E-state index contributed by atoms with van der Waals surface area (Å²) in [6, 6.07) is 0. The van der Waals surface area contributed by atoms with Crippen LogP contribution in [-0.2, 0) is 45.3 Å². The van der Waals surface area contributed by atoms with Crippen LogP contribution in [0.1, 0.15) is 0 Å². The van der Waals surface area contributed by atoms with Gasteiger partial charge in [0.05, 0.1) is 0 Å². The first kappa shape index (κ1) is 23.3. The molecule has 0 rings (SSSR count). The Morgan fingerprint density at radius 3 is 1.00 bits per heavy atom. The molecule has 0 aliphatic carbocycles. The minimum atomic E-state index is -6.07. The SMILES string of the molecule is O.[Li+].[Li+].[O]=[Cr](=[O])([O-])[O][Cr](=[O])(=[O])[O-]. The van der Waals surface area contributed by atoms with Crippen LogP contribution in [0, 0.1) is 0 Å². The Morgan fingerprint density at radius 1 is 0.833 bits per heavy atom. The van der Waals surface area contributed by atoms with E-state index < -0.39 is 27.2 Å². The molecular formula is H2Cr2Li2O8. The van der Waals surface area contributed by atoms with Crippen LogP contribution >= 0.6 is 0 Å². The van der Waals surface area contributed by atoms with Gasteiger partial charge in [-0.3, -0.25) is 0 Å². The zero-order valence-corrected chi connectivity index (χ0v) is 8.72. The van der Waals surface area contributed by atoms with Gasteiger partial charge >= 0.3 is 91.3 Å². The van der Waals surface area contributed by atoms with E-state index in [0.717, 1.165) is 0 Å². The summed E-state index contributed by atoms with van der Waals surface area (Å²) in [7, 11) is 0. The molecule has 0 unspecified atom stereocenters. The predicted octanol–water partition coefficient (Wildman–Crippen LogP) is -9.74. The van der Waals surface area contributed by atoms with E-state index in [9.17, 15) is 23.5 Å². The van der Waals surface area contributed by atoms with Gasteiger partial charge in [0.15, 0.2) is 0 Å². The monoisotopic (exact) mass is 248 g/mol. The summed E-state index contributed by atoms with van der Waals surface area (Å²) in [6.45, 7) is 0. The van der Waals surface area contributed by atoms with Crippen LogP contribution in [0.5, 0.6) is 0 Å². The van der Waals surface area contributed by atoms with Crippen LogP contribution < -0.4 is 46.0 Å². The van der Waals surface area contributed by atoms with E-state index in [0.29, 0.717) is 0 Å². The fraction of sp³-hybridized carbons (Fsp3) is 0. The van der Waals surface area contributed by atoms with Gasteiger partial charge in [-0.1, -0.05) is 0 Å². The third-order valence-electron chi connectivity index (χ3n) is 0.167. The Kier molecular flexibility index (Phi) is 14.9. The Morgan fingerprint density at radius 2 is 1.00 bits per heavy atom. The van der Waals surface area contributed by atoms with Crippen molar-refractivity contribution in [3.05, 3.63) is 0 Å². The number of hydrogen-bond donors (Lipinski definition) is 0. The topological polar surface area (TPSA) is 155 Å². The van der Waals surface area contributed by atoms with Crippen molar-refractivity contribution in [2.24, 2.45) is 0 Å². The van der Waals surface area contributed by atoms with Gasteiger partial charge in [0, 0.05) is 0 Å². The quantitative estimate of drug-likeness (QED) is 0.439. The fourth-order valence-electron chi connectivity index (χ4n) is 0.102. The molecule has 0 radical (unpaired) electrons. The summed E-state index contributed by atoms with van der Waals surface area (Å²) in [6.07, 6.45) is 0. The molecule has 8 nitrogen and oxygen atoms in total. The molecule has 64 valence electrons. The number of rotatable bonds is 2. The second kappa shape index (κ2) is 7.68. The summed E-state index contributed by atoms with van der Waals surface area (Å²) in [5, 5.41) is 0. The first-order valence-corrected chi connectivity index (χ1v) is 5.50. The van der Waals surface area contributed by atoms with Crippen molar-refractivity contribution < 1.29 is 96.8 Å². The summed E-state index contributed by atoms with van der Waals surface area (Å²) in [5.74, 6) is 0. The molecule has 12 heteroatoms. The van der Waals surface area contributed by atoms with Gasteiger partial charge in [-0.25, -0.2) is 0 Å². The van der Waals surface area contributed by atoms with E-state index in [4.69, 9.17) is 0 Å². The van der Waals surface area contributed by atoms with Crippen molar-refractivity contribution in [2.75, 3.05) is 0 Å². The summed E-state index contributed by atoms with van der Waals surface area (Å²) in [5.41, 5.74) is 0. The molecule has 12 heavy (non-hydrogen) atoms. The van der Waals surface area contributed by atoms with Crippen LogP contribution in [0.3, 0.4) is 0 Å². The number of hydrogen-bond acceptors (Lipinski definition) is 7. The van der Waals surface area contributed by atoms with Crippen molar-refractivity contribution in [1.29, 1.82) is 0 Å². The summed E-state index contributed by atoms with van der Waals surface area (Å²) >= 11 is -12.1. The molecule has 0 saturated heterocycles. The molecule has 0 aromatic carbocycles. The Bertz CT molecular complexity index is 240. The van der Waals surface area contributed by atoms with Gasteiger partial charge in [-0.2, -0.15) is 0 Å². The first-order valence-electron chi connectivity index (χ1n) is 1.33. The summed E-state index contributed by atoms with van der Waals surface area (Å²) in [4.78, 5) is 0. The molecule has 0 amide bonds. The van der Waals surface area contributed by atoms with Gasteiger partial charge in [-0.15, -0.1) is 0 Å². The van der Waals surface area contributed by atoms with E-state index >= 15 is 0 Å². The van der Waals surface area contributed by atoms with Crippen molar-refractivity contribution in [3.8, 4) is 0 Å². The van der Waals surface area contributed by atoms with Crippen LogP contribution in [0.4, 0.5) is 0 Å². The second-order valence-electron chi connectivity index (χ2n) is 0.885. The van der Waals surface area contributed by atoms with E-state index in [2.05, 4.69) is 2.84 Å². The molecule has 0 heterocycles. The van der Waals surface area contributed by atoms with Crippen LogP contribution in [-0.4, -0.2) is 5.48 Å². The van der Waals surface area contributed by atoms with Gasteiger partial charge < -0.3 is 5.48 Å². The molecule has 2 N–H and O–H groups in total. The van der Waals surface area contributed by atoms with Crippen LogP contribution in [0.15, 0.2) is 0 Å². The molecule has 0 bridgehead atoms. The zero-order valence-electron chi connectivity index (χ0n) is 6.17. The normalized spacial score (nSPS) is 10.2. The average Bonchev–Trinajstić information content (AvgIpc) is 1.14. The molecule has 0 aromatic rings. The van der Waals surface area contributed by atoms with Gasteiger partial charge in [0.2, 0.25) is 0 Å². The molecular weight excluding hydrogens is 246 g/mol. The van der Waals surface area contributed by atoms with Crippen molar-refractivity contribution in [1.82, 2.24) is 0 Å². The molecule has 0 spiro atoms. The van der Waals surface area contributed by atoms with E-state index in [-0.39, 0.29) is 43.2 Å². The zero-order chi connectivity index (χ0) is 7.71. The Labute approximate surface area is 96.1 Å². The van der Waals surface area contributed by atoms with Crippen molar-refractivity contribution >= 4 is 0 Å². The van der Waals surface area contributed by atoms with Crippen LogP contribution in [0.25, 0.3) is 0 Å². The first-order chi connectivity index (χ1) is 3.71. The van der Waals surface area contributed by atoms with E-state index in [1.54, 1.807) is 0 Å². The molecule has 0 atom stereocenters. The van der Waals surface area contributed by atoms with Gasteiger partial charge in [0.25, 0.3) is 0 Å². The third kappa shape index (κ3) is 22.5. The molecule has 0 aliphatic rings. The summed E-state index contributed by atoms with van der Waals surface area (Å²) < 4.78 is 58.9. The average molecular weight is 248 g/mol. The standard InChI is InChI=1S/2Cr.2Li.H2O.7O/h;;;;1H2;;;;;;;/q;;2*+1;;;;;;;2*-1. The molecule has 0 saturated carbocycles. The molecule has 0 aliphatic heterocycles. The molecule has 0 fully saturated rings. The third-order valence-corrected chi connectivity index (χ3v) is 2.83. The fourth-order valence-corrected chi connectivity index (χ4v) is 1.74. The Hall–Kier alpha value is 1.30. The van der Waals surface area contributed by atoms with Gasteiger partial charge in [-0.05, 0) is 0 Å². The van der Waals surface area contributed by atoms with Crippen LogP contribution in [0.2, 0.25) is 0 Å². The molecule has 0 aromatic heterocycles. The maximum absolute atomic E-state index is 9.38. The predicted molar refractivity (Wildman–Crippen MR) is 7.44 cm³/mol. The second-order valence-corrected chi connectivity index (χ2v) is 4.52. The van der Waals surface area contributed by atoms with E-state index in [1.807, 2.05) is 0 Å².